The molecule has 0 saturated heterocycles. The topological polar surface area (TPSA) is 39.2 Å². The molecule has 0 amide bonds. The number of nitrogen functional groups attached to an aromatic ring is 1. The highest BCUT2D eigenvalue weighted by Gasteiger charge is 2.20. The molecule has 0 saturated carbocycles. The van der Waals surface area contributed by atoms with Crippen molar-refractivity contribution in [1.82, 2.24) is 0 Å². The van der Waals surface area contributed by atoms with Gasteiger partial charge in [-0.2, -0.15) is 0 Å². The Morgan fingerprint density at radius 1 is 0.545 bits per heavy atom. The van der Waals surface area contributed by atoms with Crippen molar-refractivity contribution in [3.8, 4) is 11.1 Å². The van der Waals surface area contributed by atoms with Gasteiger partial charge in [-0.05, 0) is 17.7 Å². The maximum absolute atomic E-state index is 6.68. The van der Waals surface area contributed by atoms with E-state index in [1.165, 1.54) is 15.6 Å². The monoisotopic (exact) mass is 441 g/mol. The first-order valence-electron chi connectivity index (χ1n) is 11.2. The fourth-order valence-electron chi connectivity index (χ4n) is 4.82. The molecule has 6 aromatic rings. The number of furan rings is 1. The third kappa shape index (κ3) is 3.43. The van der Waals surface area contributed by atoms with Crippen LogP contribution in [0.1, 0.15) is 0 Å². The maximum Gasteiger partial charge on any atom is 0.158 e. The van der Waals surface area contributed by atoms with Gasteiger partial charge < -0.3 is 10.2 Å². The number of benzene rings is 5. The smallest absolute Gasteiger partial charge is 0.158 e. The van der Waals surface area contributed by atoms with Crippen molar-refractivity contribution in [3.63, 3.8) is 0 Å². The average molecular weight is 442 g/mol. The summed E-state index contributed by atoms with van der Waals surface area (Å²) < 4.78 is 6.15. The van der Waals surface area contributed by atoms with Crippen LogP contribution in [0.2, 0.25) is 0 Å². The number of rotatable bonds is 4. The molecule has 0 fully saturated rings. The first kappa shape index (κ1) is 19.6. The van der Waals surface area contributed by atoms with Gasteiger partial charge in [0, 0.05) is 16.3 Å². The molecule has 3 heteroatoms. The average Bonchev–Trinajstić information content (AvgIpc) is 3.26. The van der Waals surface area contributed by atoms with Crippen LogP contribution in [0, 0.1) is 0 Å². The van der Waals surface area contributed by atoms with Crippen molar-refractivity contribution in [2.75, 3.05) is 5.73 Å². The molecule has 6 rings (SSSR count). The minimum atomic E-state index is -1.61. The summed E-state index contributed by atoms with van der Waals surface area (Å²) in [5.74, 6) is 0. The van der Waals surface area contributed by atoms with Crippen LogP contribution in [0.25, 0.3) is 33.1 Å². The molecular weight excluding hydrogens is 418 g/mol. The third-order valence-electron chi connectivity index (χ3n) is 6.38. The quantitative estimate of drug-likeness (QED) is 0.235. The lowest BCUT2D eigenvalue weighted by Crippen LogP contribution is -2.51. The predicted molar refractivity (Wildman–Crippen MR) is 143 cm³/mol. The largest absolute Gasteiger partial charge is 0.454 e. The standard InChI is InChI=1S/C30H23NOSi/c31-29-25(18-19-27-26-16-7-8-17-28(26)32-30(27)29)21-10-9-15-24(20-21)33(22-11-3-1-4-12-22)23-13-5-2-6-14-23/h1-20,33H,31H2. The number of anilines is 1. The first-order chi connectivity index (χ1) is 16.3. The Bertz CT molecular complexity index is 1530. The first-order valence-corrected chi connectivity index (χ1v) is 12.9. The highest BCUT2D eigenvalue weighted by molar-refractivity contribution is 6.95. The molecule has 0 aliphatic rings. The SMILES string of the molecule is Nc1c(-c2cccc([SiH](c3ccccc3)c3ccccc3)c2)ccc2c1oc1ccccc12. The zero-order valence-electron chi connectivity index (χ0n) is 18.1. The number of hydrogen-bond donors (Lipinski definition) is 1. The van der Waals surface area contributed by atoms with Gasteiger partial charge >= 0.3 is 0 Å². The Balaban J connectivity index is 1.51. The van der Waals surface area contributed by atoms with Gasteiger partial charge in [-0.15, -0.1) is 0 Å². The summed E-state index contributed by atoms with van der Waals surface area (Å²) in [4.78, 5) is 0. The van der Waals surface area contributed by atoms with E-state index < -0.39 is 8.80 Å². The van der Waals surface area contributed by atoms with Gasteiger partial charge in [0.2, 0.25) is 0 Å². The Hall–Kier alpha value is -4.08. The van der Waals surface area contributed by atoms with E-state index in [1.807, 2.05) is 18.2 Å². The summed E-state index contributed by atoms with van der Waals surface area (Å²) in [6.07, 6.45) is 0. The van der Waals surface area contributed by atoms with Gasteiger partial charge in [0.1, 0.15) is 14.4 Å². The molecule has 0 aliphatic carbocycles. The van der Waals surface area contributed by atoms with E-state index in [9.17, 15) is 0 Å². The minimum absolute atomic E-state index is 0.693. The highest BCUT2D eigenvalue weighted by Crippen LogP contribution is 2.37. The molecule has 33 heavy (non-hydrogen) atoms. The lowest BCUT2D eigenvalue weighted by atomic mass is 10.0. The highest BCUT2D eigenvalue weighted by atomic mass is 28.3. The molecule has 0 aliphatic heterocycles. The van der Waals surface area contributed by atoms with Crippen LogP contribution in [0.3, 0.4) is 0 Å². The molecule has 5 aromatic carbocycles. The number of nitrogens with two attached hydrogens (primary N) is 1. The lowest BCUT2D eigenvalue weighted by molar-refractivity contribution is 0.670. The predicted octanol–water partition coefficient (Wildman–Crippen LogP) is 5.08. The Morgan fingerprint density at radius 3 is 1.91 bits per heavy atom. The van der Waals surface area contributed by atoms with Crippen molar-refractivity contribution in [1.29, 1.82) is 0 Å². The molecule has 2 nitrogen and oxygen atoms in total. The molecule has 0 atom stereocenters. The van der Waals surface area contributed by atoms with Crippen LogP contribution in [-0.4, -0.2) is 8.80 Å². The van der Waals surface area contributed by atoms with Gasteiger partial charge in [-0.25, -0.2) is 0 Å². The Labute approximate surface area is 194 Å². The fraction of sp³-hybridized carbons (Fsp3) is 0. The van der Waals surface area contributed by atoms with Crippen molar-refractivity contribution >= 4 is 52.0 Å². The van der Waals surface area contributed by atoms with E-state index in [4.69, 9.17) is 10.2 Å². The van der Waals surface area contributed by atoms with Crippen LogP contribution >= 0.6 is 0 Å². The van der Waals surface area contributed by atoms with Crippen molar-refractivity contribution < 1.29 is 4.42 Å². The second kappa shape index (κ2) is 8.12. The van der Waals surface area contributed by atoms with Gasteiger partial charge in [-0.3, -0.25) is 0 Å². The molecule has 0 radical (unpaired) electrons. The Morgan fingerprint density at radius 2 is 1.18 bits per heavy atom. The minimum Gasteiger partial charge on any atom is -0.454 e. The summed E-state index contributed by atoms with van der Waals surface area (Å²) in [6.45, 7) is 0. The molecule has 1 heterocycles. The molecule has 0 spiro atoms. The van der Waals surface area contributed by atoms with E-state index in [0.717, 1.165) is 33.1 Å². The fourth-order valence-corrected chi connectivity index (χ4v) is 7.83. The summed E-state index contributed by atoms with van der Waals surface area (Å²) in [6, 6.07) is 42.9. The number of para-hydroxylation sites is 1. The molecule has 0 unspecified atom stereocenters. The molecular formula is C30H23NOSi. The zero-order chi connectivity index (χ0) is 22.2. The summed E-state index contributed by atoms with van der Waals surface area (Å²) in [5, 5.41) is 6.33. The molecule has 1 aromatic heterocycles. The van der Waals surface area contributed by atoms with Crippen LogP contribution in [0.4, 0.5) is 5.69 Å². The lowest BCUT2D eigenvalue weighted by Gasteiger charge is -2.18. The van der Waals surface area contributed by atoms with Crippen molar-refractivity contribution in [2.24, 2.45) is 0 Å². The molecule has 2 N–H and O–H groups in total. The van der Waals surface area contributed by atoms with Gasteiger partial charge in [0.05, 0.1) is 5.69 Å². The van der Waals surface area contributed by atoms with Crippen LogP contribution in [0.15, 0.2) is 126 Å². The zero-order valence-corrected chi connectivity index (χ0v) is 19.3. The van der Waals surface area contributed by atoms with E-state index in [-0.39, 0.29) is 0 Å². The van der Waals surface area contributed by atoms with Gasteiger partial charge in [0.15, 0.2) is 5.58 Å². The molecule has 0 bridgehead atoms. The van der Waals surface area contributed by atoms with E-state index in [0.29, 0.717) is 5.69 Å². The van der Waals surface area contributed by atoms with E-state index in [1.54, 1.807) is 0 Å². The van der Waals surface area contributed by atoms with Gasteiger partial charge in [0.25, 0.3) is 0 Å². The maximum atomic E-state index is 6.68. The third-order valence-corrected chi connectivity index (χ3v) is 9.51. The second-order valence-corrected chi connectivity index (χ2v) is 11.2. The summed E-state index contributed by atoms with van der Waals surface area (Å²) >= 11 is 0. The number of hydrogen-bond acceptors (Lipinski definition) is 2. The van der Waals surface area contributed by atoms with E-state index >= 15 is 0 Å². The van der Waals surface area contributed by atoms with E-state index in [2.05, 4.69) is 103 Å². The normalized spacial score (nSPS) is 11.4. The van der Waals surface area contributed by atoms with Crippen LogP contribution < -0.4 is 21.3 Å². The van der Waals surface area contributed by atoms with Gasteiger partial charge in [-0.1, -0.05) is 125 Å². The van der Waals surface area contributed by atoms with Crippen molar-refractivity contribution in [3.05, 3.63) is 121 Å². The summed E-state index contributed by atoms with van der Waals surface area (Å²) in [7, 11) is -1.61. The second-order valence-electron chi connectivity index (χ2n) is 8.38. The summed E-state index contributed by atoms with van der Waals surface area (Å²) in [5.41, 5.74) is 11.1. The molecule has 158 valence electrons. The van der Waals surface area contributed by atoms with Crippen LogP contribution in [0.5, 0.6) is 0 Å². The number of fused-ring (bicyclic) bond motifs is 3. The van der Waals surface area contributed by atoms with Crippen molar-refractivity contribution in [2.45, 2.75) is 0 Å². The Kier molecular flexibility index (Phi) is 4.82. The van der Waals surface area contributed by atoms with Crippen LogP contribution in [-0.2, 0) is 0 Å².